The van der Waals surface area contributed by atoms with Gasteiger partial charge in [-0.2, -0.15) is 0 Å². The average Bonchev–Trinajstić information content (AvgIpc) is 2.74. The van der Waals surface area contributed by atoms with Crippen molar-refractivity contribution >= 4 is 29.2 Å². The standard InChI is InChI=1S/C12H14N2O2S/c15-11-9-14(7-2-6-13-11)12(16)5-4-10-3-1-8-17-10/h1,3-5,8H,2,6-7,9H2,(H,13,15). The average molecular weight is 250 g/mol. The number of hydrogen-bond donors (Lipinski definition) is 1. The first-order chi connectivity index (χ1) is 8.25. The van der Waals surface area contributed by atoms with Gasteiger partial charge in [-0.3, -0.25) is 9.59 Å². The molecule has 0 aromatic carbocycles. The van der Waals surface area contributed by atoms with E-state index in [2.05, 4.69) is 5.32 Å². The Hall–Kier alpha value is -1.62. The molecule has 2 heterocycles. The van der Waals surface area contributed by atoms with Crippen LogP contribution in [0, 0.1) is 0 Å². The highest BCUT2D eigenvalue weighted by Gasteiger charge is 2.17. The van der Waals surface area contributed by atoms with Crippen LogP contribution in [0.3, 0.4) is 0 Å². The molecule has 1 aromatic rings. The summed E-state index contributed by atoms with van der Waals surface area (Å²) in [7, 11) is 0. The van der Waals surface area contributed by atoms with Crippen molar-refractivity contribution in [1.29, 1.82) is 0 Å². The van der Waals surface area contributed by atoms with Gasteiger partial charge in [-0.15, -0.1) is 11.3 Å². The van der Waals surface area contributed by atoms with Crippen molar-refractivity contribution in [3.8, 4) is 0 Å². The number of amides is 2. The lowest BCUT2D eigenvalue weighted by Crippen LogP contribution is -2.36. The third kappa shape index (κ3) is 3.42. The Morgan fingerprint density at radius 3 is 3.18 bits per heavy atom. The highest BCUT2D eigenvalue weighted by molar-refractivity contribution is 7.10. The number of nitrogens with one attached hydrogen (secondary N) is 1. The maximum absolute atomic E-state index is 11.9. The van der Waals surface area contributed by atoms with E-state index in [0.29, 0.717) is 13.1 Å². The normalized spacial score (nSPS) is 16.9. The summed E-state index contributed by atoms with van der Waals surface area (Å²) in [5.74, 6) is -0.184. The predicted molar refractivity (Wildman–Crippen MR) is 67.6 cm³/mol. The second-order valence-corrected chi connectivity index (χ2v) is 4.79. The zero-order valence-electron chi connectivity index (χ0n) is 9.39. The number of rotatable bonds is 2. The van der Waals surface area contributed by atoms with E-state index in [1.807, 2.05) is 17.5 Å². The first kappa shape index (κ1) is 11.9. The molecule has 2 rings (SSSR count). The van der Waals surface area contributed by atoms with Crippen LogP contribution in [-0.2, 0) is 9.59 Å². The predicted octanol–water partition coefficient (Wildman–Crippen LogP) is 1.11. The van der Waals surface area contributed by atoms with E-state index in [4.69, 9.17) is 0 Å². The van der Waals surface area contributed by atoms with Crippen molar-refractivity contribution in [2.75, 3.05) is 19.6 Å². The topological polar surface area (TPSA) is 49.4 Å². The molecule has 1 N–H and O–H groups in total. The molecule has 1 aliphatic rings. The molecule has 1 saturated heterocycles. The summed E-state index contributed by atoms with van der Waals surface area (Å²) in [6.45, 7) is 1.44. The van der Waals surface area contributed by atoms with Gasteiger partial charge >= 0.3 is 0 Å². The number of carbonyl (C=O) groups excluding carboxylic acids is 2. The Labute approximate surface area is 104 Å². The number of thiophene rings is 1. The molecule has 0 spiro atoms. The van der Waals surface area contributed by atoms with Gasteiger partial charge in [0.25, 0.3) is 0 Å². The van der Waals surface area contributed by atoms with Gasteiger partial charge in [-0.1, -0.05) is 6.07 Å². The minimum atomic E-state index is -0.101. The lowest BCUT2D eigenvalue weighted by Gasteiger charge is -2.16. The van der Waals surface area contributed by atoms with Gasteiger partial charge in [0.05, 0.1) is 6.54 Å². The zero-order chi connectivity index (χ0) is 12.1. The van der Waals surface area contributed by atoms with Crippen molar-refractivity contribution in [3.63, 3.8) is 0 Å². The fourth-order valence-electron chi connectivity index (χ4n) is 1.64. The maximum Gasteiger partial charge on any atom is 0.247 e. The summed E-state index contributed by atoms with van der Waals surface area (Å²) in [4.78, 5) is 25.8. The van der Waals surface area contributed by atoms with Crippen molar-refractivity contribution in [2.45, 2.75) is 6.42 Å². The minimum absolute atomic E-state index is 0.0830. The van der Waals surface area contributed by atoms with Crippen LogP contribution in [0.25, 0.3) is 6.08 Å². The zero-order valence-corrected chi connectivity index (χ0v) is 10.2. The molecule has 4 nitrogen and oxygen atoms in total. The van der Waals surface area contributed by atoms with E-state index in [-0.39, 0.29) is 18.4 Å². The monoisotopic (exact) mass is 250 g/mol. The third-order valence-corrected chi connectivity index (χ3v) is 3.34. The molecular formula is C12H14N2O2S. The quantitative estimate of drug-likeness (QED) is 0.799. The van der Waals surface area contributed by atoms with Gasteiger partial charge in [0.1, 0.15) is 0 Å². The number of carbonyl (C=O) groups is 2. The highest BCUT2D eigenvalue weighted by Crippen LogP contribution is 2.10. The molecule has 0 saturated carbocycles. The smallest absolute Gasteiger partial charge is 0.247 e. The van der Waals surface area contributed by atoms with E-state index in [1.165, 1.54) is 6.08 Å². The fourth-order valence-corrected chi connectivity index (χ4v) is 2.26. The van der Waals surface area contributed by atoms with Gasteiger partial charge in [-0.05, 0) is 23.9 Å². The molecule has 1 aliphatic heterocycles. The summed E-state index contributed by atoms with van der Waals surface area (Å²) in [6.07, 6.45) is 4.13. The van der Waals surface area contributed by atoms with E-state index in [0.717, 1.165) is 11.3 Å². The molecule has 5 heteroatoms. The van der Waals surface area contributed by atoms with Crippen LogP contribution >= 0.6 is 11.3 Å². The number of hydrogen-bond acceptors (Lipinski definition) is 3. The lowest BCUT2D eigenvalue weighted by molar-refractivity contribution is -0.131. The van der Waals surface area contributed by atoms with Gasteiger partial charge in [-0.25, -0.2) is 0 Å². The molecule has 0 unspecified atom stereocenters. The molecular weight excluding hydrogens is 236 g/mol. The Morgan fingerprint density at radius 1 is 1.53 bits per heavy atom. The van der Waals surface area contributed by atoms with Gasteiger partial charge in [0.2, 0.25) is 11.8 Å². The Kier molecular flexibility index (Phi) is 3.93. The van der Waals surface area contributed by atoms with E-state index < -0.39 is 0 Å². The lowest BCUT2D eigenvalue weighted by atomic mass is 10.3. The molecule has 1 aromatic heterocycles. The van der Waals surface area contributed by atoms with E-state index in [1.54, 1.807) is 22.3 Å². The van der Waals surface area contributed by atoms with Crippen molar-refractivity contribution < 1.29 is 9.59 Å². The summed E-state index contributed by atoms with van der Waals surface area (Å²) < 4.78 is 0. The van der Waals surface area contributed by atoms with Crippen LogP contribution in [0.15, 0.2) is 23.6 Å². The van der Waals surface area contributed by atoms with Crippen molar-refractivity contribution in [3.05, 3.63) is 28.5 Å². The largest absolute Gasteiger partial charge is 0.354 e. The molecule has 0 radical (unpaired) electrons. The molecule has 0 aliphatic carbocycles. The SMILES string of the molecule is O=C1CN(C(=O)C=Cc2cccs2)CCCN1. The Bertz CT molecular complexity index is 426. The molecule has 0 atom stereocenters. The van der Waals surface area contributed by atoms with Crippen molar-refractivity contribution in [2.24, 2.45) is 0 Å². The molecule has 90 valence electrons. The van der Waals surface area contributed by atoms with Crippen LogP contribution in [0.4, 0.5) is 0 Å². The van der Waals surface area contributed by atoms with Crippen LogP contribution in [0.5, 0.6) is 0 Å². The van der Waals surface area contributed by atoms with Crippen LogP contribution in [-0.4, -0.2) is 36.3 Å². The summed E-state index contributed by atoms with van der Waals surface area (Å²) in [5.41, 5.74) is 0. The molecule has 0 bridgehead atoms. The first-order valence-corrected chi connectivity index (χ1v) is 6.41. The Balaban J connectivity index is 1.97. The van der Waals surface area contributed by atoms with Crippen LogP contribution < -0.4 is 5.32 Å². The second-order valence-electron chi connectivity index (χ2n) is 3.81. The molecule has 17 heavy (non-hydrogen) atoms. The summed E-state index contributed by atoms with van der Waals surface area (Å²) in [5, 5.41) is 4.71. The van der Waals surface area contributed by atoms with Gasteiger partial charge < -0.3 is 10.2 Å². The molecule has 2 amide bonds. The van der Waals surface area contributed by atoms with Gasteiger partial charge in [0.15, 0.2) is 0 Å². The van der Waals surface area contributed by atoms with Gasteiger partial charge in [0, 0.05) is 24.0 Å². The maximum atomic E-state index is 11.9. The first-order valence-electron chi connectivity index (χ1n) is 5.53. The highest BCUT2D eigenvalue weighted by atomic mass is 32.1. The van der Waals surface area contributed by atoms with E-state index >= 15 is 0 Å². The Morgan fingerprint density at radius 2 is 2.41 bits per heavy atom. The molecule has 1 fully saturated rings. The fraction of sp³-hybridized carbons (Fsp3) is 0.333. The summed E-state index contributed by atoms with van der Waals surface area (Å²) in [6, 6.07) is 3.89. The van der Waals surface area contributed by atoms with Crippen LogP contribution in [0.1, 0.15) is 11.3 Å². The second kappa shape index (κ2) is 5.63. The van der Waals surface area contributed by atoms with Crippen LogP contribution in [0.2, 0.25) is 0 Å². The third-order valence-electron chi connectivity index (χ3n) is 2.51. The number of nitrogens with zero attached hydrogens (tertiary/aromatic N) is 1. The summed E-state index contributed by atoms with van der Waals surface area (Å²) >= 11 is 1.58. The van der Waals surface area contributed by atoms with E-state index in [9.17, 15) is 9.59 Å². The minimum Gasteiger partial charge on any atom is -0.354 e. The van der Waals surface area contributed by atoms with Crippen molar-refractivity contribution in [1.82, 2.24) is 10.2 Å².